The molecule has 1 N–H and O–H groups in total. The number of aliphatic hydroxyl groups excluding tert-OH is 1. The van der Waals surface area contributed by atoms with E-state index >= 15 is 0 Å². The van der Waals surface area contributed by atoms with E-state index in [1.165, 1.54) is 5.57 Å². The molecule has 0 unspecified atom stereocenters. The standard InChI is InChI=1S/C19H26O3/c1-18-7-5-12(20)9-11(18)10-15(21)17-13-3-4-16(22)19(13,2)8-6-14(17)18/h9,12-14,17,20H,3-8,10H2,1-2H3/t12-,13-,14-,17-,18-,19-/m0/s1. The van der Waals surface area contributed by atoms with Gasteiger partial charge in [-0.3, -0.25) is 9.59 Å². The Morgan fingerprint density at radius 2 is 1.73 bits per heavy atom. The molecule has 22 heavy (non-hydrogen) atoms. The second kappa shape index (κ2) is 4.53. The zero-order valence-corrected chi connectivity index (χ0v) is 13.6. The zero-order valence-electron chi connectivity index (χ0n) is 13.6. The summed E-state index contributed by atoms with van der Waals surface area (Å²) in [5.41, 5.74) is 0.985. The van der Waals surface area contributed by atoms with Crippen molar-refractivity contribution in [1.29, 1.82) is 0 Å². The lowest BCUT2D eigenvalue weighted by atomic mass is 9.47. The van der Waals surface area contributed by atoms with Crippen molar-refractivity contribution in [2.75, 3.05) is 0 Å². The Hall–Kier alpha value is -0.960. The lowest BCUT2D eigenvalue weighted by Crippen LogP contribution is -2.54. The van der Waals surface area contributed by atoms with E-state index in [1.807, 2.05) is 6.08 Å². The highest BCUT2D eigenvalue weighted by Gasteiger charge is 2.61. The molecule has 4 rings (SSSR count). The van der Waals surface area contributed by atoms with E-state index in [0.717, 1.165) is 32.1 Å². The molecule has 0 amide bonds. The summed E-state index contributed by atoms with van der Waals surface area (Å²) in [5, 5.41) is 9.94. The summed E-state index contributed by atoms with van der Waals surface area (Å²) in [4.78, 5) is 25.3. The summed E-state index contributed by atoms with van der Waals surface area (Å²) in [5.74, 6) is 1.42. The molecule has 0 bridgehead atoms. The van der Waals surface area contributed by atoms with Crippen molar-refractivity contribution in [3.63, 3.8) is 0 Å². The fraction of sp³-hybridized carbons (Fsp3) is 0.789. The summed E-state index contributed by atoms with van der Waals surface area (Å²) in [7, 11) is 0. The van der Waals surface area contributed by atoms with E-state index in [2.05, 4.69) is 13.8 Å². The number of ketones is 2. The van der Waals surface area contributed by atoms with Crippen molar-refractivity contribution in [1.82, 2.24) is 0 Å². The fourth-order valence-electron chi connectivity index (χ4n) is 6.18. The second-order valence-corrected chi connectivity index (χ2v) is 8.52. The van der Waals surface area contributed by atoms with Crippen molar-refractivity contribution in [2.24, 2.45) is 28.6 Å². The Morgan fingerprint density at radius 3 is 2.50 bits per heavy atom. The highest BCUT2D eigenvalue weighted by molar-refractivity contribution is 5.91. The SMILES string of the molecule is C[C@]12CC[C@H](O)C=C1CC(=O)[C@@H]1[C@@H]2CC[C@]2(C)C(=O)CC[C@@H]12. The first-order chi connectivity index (χ1) is 10.4. The normalized spacial score (nSPS) is 51.0. The van der Waals surface area contributed by atoms with Crippen LogP contribution in [0.5, 0.6) is 0 Å². The van der Waals surface area contributed by atoms with Gasteiger partial charge in [0, 0.05) is 24.2 Å². The summed E-state index contributed by atoms with van der Waals surface area (Å²) < 4.78 is 0. The quantitative estimate of drug-likeness (QED) is 0.700. The summed E-state index contributed by atoms with van der Waals surface area (Å²) in [6.07, 6.45) is 7.34. The maximum absolute atomic E-state index is 12.9. The van der Waals surface area contributed by atoms with Crippen LogP contribution in [0, 0.1) is 28.6 Å². The molecule has 0 aromatic heterocycles. The first kappa shape index (κ1) is 14.6. The molecule has 120 valence electrons. The largest absolute Gasteiger partial charge is 0.389 e. The van der Waals surface area contributed by atoms with E-state index in [-0.39, 0.29) is 28.8 Å². The summed E-state index contributed by atoms with van der Waals surface area (Å²) in [6, 6.07) is 0. The molecule has 4 aliphatic rings. The first-order valence-corrected chi connectivity index (χ1v) is 8.81. The smallest absolute Gasteiger partial charge is 0.140 e. The third-order valence-electron chi connectivity index (χ3n) is 7.62. The van der Waals surface area contributed by atoms with Crippen molar-refractivity contribution in [2.45, 2.75) is 64.9 Å². The van der Waals surface area contributed by atoms with Gasteiger partial charge in [0.15, 0.2) is 0 Å². The Morgan fingerprint density at radius 1 is 1.05 bits per heavy atom. The molecule has 0 aromatic carbocycles. The van der Waals surface area contributed by atoms with Gasteiger partial charge >= 0.3 is 0 Å². The van der Waals surface area contributed by atoms with Gasteiger partial charge in [-0.1, -0.05) is 25.5 Å². The summed E-state index contributed by atoms with van der Waals surface area (Å²) in [6.45, 7) is 4.41. The minimum absolute atomic E-state index is 0.0603. The number of carbonyl (C=O) groups is 2. The molecule has 0 aliphatic heterocycles. The monoisotopic (exact) mass is 302 g/mol. The Balaban J connectivity index is 1.75. The predicted octanol–water partition coefficient (Wildman–Crippen LogP) is 3.06. The molecule has 3 heteroatoms. The number of hydrogen-bond donors (Lipinski definition) is 1. The van der Waals surface area contributed by atoms with Crippen LogP contribution in [0.4, 0.5) is 0 Å². The third kappa shape index (κ3) is 1.72. The molecule has 6 atom stereocenters. The van der Waals surface area contributed by atoms with E-state index < -0.39 is 0 Å². The Labute approximate surface area is 132 Å². The fourth-order valence-corrected chi connectivity index (χ4v) is 6.18. The van der Waals surface area contributed by atoms with Crippen LogP contribution < -0.4 is 0 Å². The lowest BCUT2D eigenvalue weighted by molar-refractivity contribution is -0.143. The number of rotatable bonds is 0. The van der Waals surface area contributed by atoms with E-state index in [4.69, 9.17) is 0 Å². The number of allylic oxidation sites excluding steroid dienone is 1. The number of aliphatic hydroxyl groups is 1. The molecular weight excluding hydrogens is 276 g/mol. The molecule has 0 radical (unpaired) electrons. The van der Waals surface area contributed by atoms with E-state index in [9.17, 15) is 14.7 Å². The van der Waals surface area contributed by atoms with Gasteiger partial charge in [0.1, 0.15) is 11.6 Å². The van der Waals surface area contributed by atoms with Crippen LogP contribution in [0.15, 0.2) is 11.6 Å². The van der Waals surface area contributed by atoms with Crippen LogP contribution in [0.1, 0.15) is 58.8 Å². The van der Waals surface area contributed by atoms with Crippen molar-refractivity contribution < 1.29 is 14.7 Å². The zero-order chi connectivity index (χ0) is 15.7. The molecule has 0 aromatic rings. The third-order valence-corrected chi connectivity index (χ3v) is 7.62. The highest BCUT2D eigenvalue weighted by atomic mass is 16.3. The van der Waals surface area contributed by atoms with Gasteiger partial charge in [0.25, 0.3) is 0 Å². The summed E-state index contributed by atoms with van der Waals surface area (Å²) >= 11 is 0. The van der Waals surface area contributed by atoms with Crippen molar-refractivity contribution in [3.05, 3.63) is 11.6 Å². The van der Waals surface area contributed by atoms with Crippen LogP contribution in [0.2, 0.25) is 0 Å². The maximum Gasteiger partial charge on any atom is 0.140 e. The molecule has 3 fully saturated rings. The van der Waals surface area contributed by atoms with Gasteiger partial charge in [-0.15, -0.1) is 0 Å². The number of carbonyl (C=O) groups excluding carboxylic acids is 2. The van der Waals surface area contributed by atoms with Crippen LogP contribution in [0.25, 0.3) is 0 Å². The average molecular weight is 302 g/mol. The minimum Gasteiger partial charge on any atom is -0.389 e. The number of fused-ring (bicyclic) bond motifs is 5. The van der Waals surface area contributed by atoms with Gasteiger partial charge in [-0.25, -0.2) is 0 Å². The van der Waals surface area contributed by atoms with Crippen LogP contribution in [-0.4, -0.2) is 22.8 Å². The van der Waals surface area contributed by atoms with Gasteiger partial charge in [0.05, 0.1) is 6.10 Å². The van der Waals surface area contributed by atoms with Crippen LogP contribution in [0.3, 0.4) is 0 Å². The average Bonchev–Trinajstić information content (AvgIpc) is 2.77. The molecule has 0 heterocycles. The second-order valence-electron chi connectivity index (χ2n) is 8.52. The van der Waals surface area contributed by atoms with Gasteiger partial charge < -0.3 is 5.11 Å². The predicted molar refractivity (Wildman–Crippen MR) is 83.1 cm³/mol. The highest BCUT2D eigenvalue weighted by Crippen LogP contribution is 2.63. The van der Waals surface area contributed by atoms with Crippen molar-refractivity contribution in [3.8, 4) is 0 Å². The van der Waals surface area contributed by atoms with Crippen LogP contribution >= 0.6 is 0 Å². The maximum atomic E-state index is 12.9. The lowest BCUT2D eigenvalue weighted by Gasteiger charge is -2.56. The van der Waals surface area contributed by atoms with Gasteiger partial charge in [-0.2, -0.15) is 0 Å². The molecule has 3 saturated carbocycles. The molecule has 3 nitrogen and oxygen atoms in total. The van der Waals surface area contributed by atoms with Crippen LogP contribution in [-0.2, 0) is 9.59 Å². The topological polar surface area (TPSA) is 54.4 Å². The molecule has 4 aliphatic carbocycles. The first-order valence-electron chi connectivity index (χ1n) is 8.81. The molecular formula is C19H26O3. The Bertz CT molecular complexity index is 577. The van der Waals surface area contributed by atoms with Crippen molar-refractivity contribution >= 4 is 11.6 Å². The Kier molecular flexibility index (Phi) is 3.01. The van der Waals surface area contributed by atoms with E-state index in [0.29, 0.717) is 30.3 Å². The molecule has 0 saturated heterocycles. The van der Waals surface area contributed by atoms with Gasteiger partial charge in [-0.05, 0) is 49.4 Å². The van der Waals surface area contributed by atoms with Gasteiger partial charge in [0.2, 0.25) is 0 Å². The minimum atomic E-state index is -0.380. The van der Waals surface area contributed by atoms with E-state index in [1.54, 1.807) is 0 Å². The molecule has 0 spiro atoms. The number of hydrogen-bond acceptors (Lipinski definition) is 3. The number of Topliss-reactive ketones (excluding diaryl/α,β-unsaturated/α-hetero) is 2.